The van der Waals surface area contributed by atoms with Gasteiger partial charge >= 0.3 is 12.1 Å². The first-order chi connectivity index (χ1) is 19.7. The van der Waals surface area contributed by atoms with Gasteiger partial charge in [0.1, 0.15) is 17.2 Å². The van der Waals surface area contributed by atoms with Crippen LogP contribution in [0.15, 0.2) is 30.5 Å². The highest BCUT2D eigenvalue weighted by molar-refractivity contribution is 5.74. The first-order valence-electron chi connectivity index (χ1n) is 15.1. The molecule has 3 heterocycles. The summed E-state index contributed by atoms with van der Waals surface area (Å²) in [5.41, 5.74) is 3.00. The van der Waals surface area contributed by atoms with Gasteiger partial charge in [0.2, 0.25) is 0 Å². The van der Waals surface area contributed by atoms with Crippen molar-refractivity contribution < 1.29 is 28.6 Å². The molecule has 0 radical (unpaired) electrons. The SMILES string of the molecule is CCOc1cc(-c2ccc(F)cn2)c(C2CC2)cc1CN1CCC2(CC1)CN(C1CCC(C)(C(=O)O)CC1)C(=O)O2. The van der Waals surface area contributed by atoms with E-state index in [1.807, 2.05) is 18.7 Å². The summed E-state index contributed by atoms with van der Waals surface area (Å²) in [6.07, 6.45) is 7.41. The van der Waals surface area contributed by atoms with E-state index < -0.39 is 17.0 Å². The highest BCUT2D eigenvalue weighted by Gasteiger charge is 2.50. The summed E-state index contributed by atoms with van der Waals surface area (Å²) in [5.74, 6) is 0.236. The second-order valence-corrected chi connectivity index (χ2v) is 12.7. The van der Waals surface area contributed by atoms with E-state index in [4.69, 9.17) is 9.47 Å². The Morgan fingerprint density at radius 2 is 1.88 bits per heavy atom. The normalized spacial score (nSPS) is 26.3. The van der Waals surface area contributed by atoms with Crippen LogP contribution in [0.25, 0.3) is 11.3 Å². The van der Waals surface area contributed by atoms with Crippen LogP contribution in [0.5, 0.6) is 5.75 Å². The summed E-state index contributed by atoms with van der Waals surface area (Å²) in [5, 5.41) is 9.56. The van der Waals surface area contributed by atoms with Crippen molar-refractivity contribution in [3.8, 4) is 17.0 Å². The van der Waals surface area contributed by atoms with E-state index in [-0.39, 0.29) is 18.0 Å². The summed E-state index contributed by atoms with van der Waals surface area (Å²) in [4.78, 5) is 33.2. The van der Waals surface area contributed by atoms with Gasteiger partial charge in [-0.2, -0.15) is 0 Å². The number of aliphatic carboxylic acids is 1. The molecule has 0 atom stereocenters. The number of carbonyl (C=O) groups excluding carboxylic acids is 1. The molecular weight excluding hydrogens is 525 g/mol. The third kappa shape index (κ3) is 5.65. The maximum Gasteiger partial charge on any atom is 0.410 e. The van der Waals surface area contributed by atoms with Gasteiger partial charge in [0.05, 0.1) is 30.5 Å². The Balaban J connectivity index is 1.13. The molecule has 41 heavy (non-hydrogen) atoms. The molecule has 4 fully saturated rings. The van der Waals surface area contributed by atoms with Crippen molar-refractivity contribution in [3.63, 3.8) is 0 Å². The summed E-state index contributed by atoms with van der Waals surface area (Å²) < 4.78 is 25.7. The predicted molar refractivity (Wildman–Crippen MR) is 151 cm³/mol. The fourth-order valence-electron chi connectivity index (χ4n) is 6.86. The van der Waals surface area contributed by atoms with E-state index in [1.54, 1.807) is 6.07 Å². The van der Waals surface area contributed by atoms with Crippen molar-refractivity contribution in [1.82, 2.24) is 14.8 Å². The molecule has 2 aliphatic carbocycles. The molecule has 9 heteroatoms. The number of rotatable bonds is 8. The van der Waals surface area contributed by atoms with Gasteiger partial charge in [-0.05, 0) is 88.1 Å². The molecule has 0 unspecified atom stereocenters. The number of carboxylic acids is 1. The van der Waals surface area contributed by atoms with Crippen LogP contribution in [0.2, 0.25) is 0 Å². The second-order valence-electron chi connectivity index (χ2n) is 12.7. The van der Waals surface area contributed by atoms with Crippen molar-refractivity contribution in [2.24, 2.45) is 5.41 Å². The van der Waals surface area contributed by atoms with Crippen LogP contribution < -0.4 is 4.74 Å². The zero-order valence-corrected chi connectivity index (χ0v) is 24.0. The highest BCUT2D eigenvalue weighted by Crippen LogP contribution is 2.47. The largest absolute Gasteiger partial charge is 0.494 e. The second kappa shape index (κ2) is 10.9. The number of piperidine rings is 1. The molecule has 2 aliphatic heterocycles. The van der Waals surface area contributed by atoms with Gasteiger partial charge in [-0.15, -0.1) is 0 Å². The molecule has 2 saturated heterocycles. The Bertz CT molecular complexity index is 1300. The van der Waals surface area contributed by atoms with Crippen LogP contribution in [0.4, 0.5) is 9.18 Å². The highest BCUT2D eigenvalue weighted by atomic mass is 19.1. The van der Waals surface area contributed by atoms with Crippen molar-refractivity contribution in [2.45, 2.75) is 89.3 Å². The number of likely N-dealkylation sites (tertiary alicyclic amines) is 1. The number of benzene rings is 1. The lowest BCUT2D eigenvalue weighted by Gasteiger charge is -2.39. The van der Waals surface area contributed by atoms with E-state index in [9.17, 15) is 19.1 Å². The lowest BCUT2D eigenvalue weighted by molar-refractivity contribution is -0.150. The van der Waals surface area contributed by atoms with Gasteiger partial charge in [0.15, 0.2) is 0 Å². The molecular formula is C32H40FN3O5. The quantitative estimate of drug-likeness (QED) is 0.421. The lowest BCUT2D eigenvalue weighted by atomic mass is 9.73. The van der Waals surface area contributed by atoms with Crippen molar-refractivity contribution in [1.29, 1.82) is 0 Å². The standard InChI is InChI=1S/C32H40FN3O5/c1-3-40-28-17-26(27-7-6-23(33)18-34-27)25(21-4-5-21)16-22(28)19-35-14-12-32(13-15-35)20-36(30(39)41-32)24-8-10-31(2,11-9-24)29(37)38/h6-7,16-18,21,24H,3-5,8-15,19-20H2,1-2H3,(H,37,38). The summed E-state index contributed by atoms with van der Waals surface area (Å²) in [6.45, 7) is 7.30. The minimum atomic E-state index is -0.748. The summed E-state index contributed by atoms with van der Waals surface area (Å²) in [7, 11) is 0. The minimum absolute atomic E-state index is 0.0519. The number of hydrogen-bond acceptors (Lipinski definition) is 6. The van der Waals surface area contributed by atoms with E-state index in [2.05, 4.69) is 22.0 Å². The average molecular weight is 566 g/mol. The van der Waals surface area contributed by atoms with Crippen LogP contribution in [0.1, 0.15) is 82.3 Å². The number of amides is 1. The summed E-state index contributed by atoms with van der Waals surface area (Å²) in [6, 6.07) is 7.58. The Morgan fingerprint density at radius 3 is 2.49 bits per heavy atom. The van der Waals surface area contributed by atoms with Crippen molar-refractivity contribution >= 4 is 12.1 Å². The molecule has 1 aromatic heterocycles. The number of carbonyl (C=O) groups is 2. The predicted octanol–water partition coefficient (Wildman–Crippen LogP) is 5.98. The van der Waals surface area contributed by atoms with Gasteiger partial charge in [0, 0.05) is 49.6 Å². The van der Waals surface area contributed by atoms with Gasteiger partial charge in [0.25, 0.3) is 0 Å². The zero-order chi connectivity index (χ0) is 28.8. The van der Waals surface area contributed by atoms with E-state index in [1.165, 1.54) is 17.8 Å². The molecule has 8 nitrogen and oxygen atoms in total. The number of nitrogens with zero attached hydrogens (tertiary/aromatic N) is 3. The molecule has 1 aromatic carbocycles. The molecule has 0 bridgehead atoms. The number of ether oxygens (including phenoxy) is 2. The first-order valence-corrected chi connectivity index (χ1v) is 15.1. The van der Waals surface area contributed by atoms with E-state index >= 15 is 0 Å². The van der Waals surface area contributed by atoms with E-state index in [0.717, 1.165) is 67.9 Å². The number of carboxylic acid groups (broad SMARTS) is 1. The lowest BCUT2D eigenvalue weighted by Crippen LogP contribution is -2.48. The topological polar surface area (TPSA) is 92.2 Å². The molecule has 220 valence electrons. The van der Waals surface area contributed by atoms with Gasteiger partial charge in [-0.3, -0.25) is 14.7 Å². The molecule has 1 N–H and O–H groups in total. The number of pyridine rings is 1. The fraction of sp³-hybridized carbons (Fsp3) is 0.594. The molecule has 4 aliphatic rings. The zero-order valence-electron chi connectivity index (χ0n) is 24.0. The third-order valence-electron chi connectivity index (χ3n) is 9.73. The number of hydrogen-bond donors (Lipinski definition) is 1. The molecule has 1 spiro atoms. The van der Waals surface area contributed by atoms with Gasteiger partial charge < -0.3 is 19.5 Å². The Kier molecular flexibility index (Phi) is 7.42. The Hall–Kier alpha value is -3.20. The molecule has 6 rings (SSSR count). The average Bonchev–Trinajstić information content (AvgIpc) is 3.75. The molecule has 1 amide bonds. The van der Waals surface area contributed by atoms with Crippen LogP contribution in [-0.2, 0) is 16.1 Å². The van der Waals surface area contributed by atoms with Crippen LogP contribution in [-0.4, -0.2) is 69.8 Å². The fourth-order valence-corrected chi connectivity index (χ4v) is 6.86. The first kappa shape index (κ1) is 27.9. The van der Waals surface area contributed by atoms with E-state index in [0.29, 0.717) is 44.8 Å². The smallest absolute Gasteiger partial charge is 0.410 e. The Morgan fingerprint density at radius 1 is 1.15 bits per heavy atom. The van der Waals surface area contributed by atoms with Crippen LogP contribution in [0, 0.1) is 11.2 Å². The minimum Gasteiger partial charge on any atom is -0.494 e. The molecule has 2 aromatic rings. The maximum atomic E-state index is 13.6. The van der Waals surface area contributed by atoms with Gasteiger partial charge in [-0.25, -0.2) is 9.18 Å². The van der Waals surface area contributed by atoms with Crippen LogP contribution >= 0.6 is 0 Å². The third-order valence-corrected chi connectivity index (χ3v) is 9.73. The number of halogens is 1. The van der Waals surface area contributed by atoms with Gasteiger partial charge in [-0.1, -0.05) is 0 Å². The number of aromatic nitrogens is 1. The van der Waals surface area contributed by atoms with Crippen molar-refractivity contribution in [3.05, 3.63) is 47.4 Å². The molecule has 2 saturated carbocycles. The van der Waals surface area contributed by atoms with Crippen molar-refractivity contribution in [2.75, 3.05) is 26.2 Å². The Labute approximate surface area is 240 Å². The maximum absolute atomic E-state index is 13.6. The monoisotopic (exact) mass is 565 g/mol. The van der Waals surface area contributed by atoms with Crippen LogP contribution in [0.3, 0.4) is 0 Å². The summed E-state index contributed by atoms with van der Waals surface area (Å²) >= 11 is 0.